The molecule has 2 atom stereocenters. The van der Waals surface area contributed by atoms with Crippen LogP contribution in [0, 0.1) is 17.5 Å². The SMILES string of the molecule is CN1CCC[C@@]2(CC(N3CCc4ccccc4[C@@H]3c3cc(F)c(F)c(F)c3)=NO2)C1. The molecule has 0 bridgehead atoms. The predicted octanol–water partition coefficient (Wildman–Crippen LogP) is 4.25. The molecule has 158 valence electrons. The van der Waals surface area contributed by atoms with E-state index in [9.17, 15) is 13.2 Å². The Bertz CT molecular complexity index is 988. The molecule has 3 aliphatic heterocycles. The lowest BCUT2D eigenvalue weighted by Crippen LogP contribution is -2.48. The number of rotatable bonds is 1. The Morgan fingerprint density at radius 2 is 1.87 bits per heavy atom. The van der Waals surface area contributed by atoms with Gasteiger partial charge in [0.1, 0.15) is 5.84 Å². The lowest BCUT2D eigenvalue weighted by Gasteiger charge is -2.40. The minimum Gasteiger partial charge on any atom is -0.386 e. The summed E-state index contributed by atoms with van der Waals surface area (Å²) >= 11 is 0. The predicted molar refractivity (Wildman–Crippen MR) is 108 cm³/mol. The van der Waals surface area contributed by atoms with E-state index in [0.717, 1.165) is 61.4 Å². The third-order valence-electron chi connectivity index (χ3n) is 6.49. The van der Waals surface area contributed by atoms with Crippen LogP contribution in [0.4, 0.5) is 13.2 Å². The molecule has 0 N–H and O–H groups in total. The molecule has 1 saturated heterocycles. The monoisotopic (exact) mass is 415 g/mol. The molecule has 0 unspecified atom stereocenters. The van der Waals surface area contributed by atoms with E-state index in [2.05, 4.69) is 22.0 Å². The number of fused-ring (bicyclic) bond motifs is 1. The van der Waals surface area contributed by atoms with E-state index in [1.165, 1.54) is 0 Å². The maximum atomic E-state index is 14.1. The van der Waals surface area contributed by atoms with E-state index < -0.39 is 23.5 Å². The van der Waals surface area contributed by atoms with Crippen molar-refractivity contribution in [3.63, 3.8) is 0 Å². The first kappa shape index (κ1) is 19.4. The van der Waals surface area contributed by atoms with Gasteiger partial charge in [-0.3, -0.25) is 0 Å². The summed E-state index contributed by atoms with van der Waals surface area (Å²) in [7, 11) is 2.08. The molecular formula is C23H24F3N3O. The van der Waals surface area contributed by atoms with Crippen molar-refractivity contribution in [1.29, 1.82) is 0 Å². The molecule has 5 rings (SSSR count). The molecular weight excluding hydrogens is 391 g/mol. The van der Waals surface area contributed by atoms with Crippen LogP contribution in [0.1, 0.15) is 42.0 Å². The second-order valence-corrected chi connectivity index (χ2v) is 8.64. The number of nitrogens with zero attached hydrogens (tertiary/aromatic N) is 3. The first-order valence-electron chi connectivity index (χ1n) is 10.4. The van der Waals surface area contributed by atoms with Crippen LogP contribution in [0.15, 0.2) is 41.6 Å². The van der Waals surface area contributed by atoms with Gasteiger partial charge in [-0.25, -0.2) is 13.2 Å². The molecule has 1 fully saturated rings. The van der Waals surface area contributed by atoms with Crippen molar-refractivity contribution in [2.75, 3.05) is 26.7 Å². The molecule has 2 aromatic rings. The average molecular weight is 415 g/mol. The van der Waals surface area contributed by atoms with E-state index >= 15 is 0 Å². The Morgan fingerprint density at radius 3 is 2.63 bits per heavy atom. The number of hydrogen-bond donors (Lipinski definition) is 0. The first-order chi connectivity index (χ1) is 14.5. The topological polar surface area (TPSA) is 28.1 Å². The minimum absolute atomic E-state index is 0.344. The maximum absolute atomic E-state index is 14.1. The Hall–Kier alpha value is -2.54. The summed E-state index contributed by atoms with van der Waals surface area (Å²) in [5.41, 5.74) is 2.11. The second-order valence-electron chi connectivity index (χ2n) is 8.64. The lowest BCUT2D eigenvalue weighted by molar-refractivity contribution is -0.0631. The third kappa shape index (κ3) is 3.25. The van der Waals surface area contributed by atoms with Gasteiger partial charge in [0.05, 0.1) is 12.5 Å². The van der Waals surface area contributed by atoms with Crippen LogP contribution in [-0.4, -0.2) is 47.9 Å². The van der Waals surface area contributed by atoms with Crippen LogP contribution >= 0.6 is 0 Å². The van der Waals surface area contributed by atoms with Crippen LogP contribution in [0.25, 0.3) is 0 Å². The van der Waals surface area contributed by atoms with Gasteiger partial charge >= 0.3 is 0 Å². The number of hydrogen-bond acceptors (Lipinski definition) is 4. The van der Waals surface area contributed by atoms with Crippen LogP contribution in [0.5, 0.6) is 0 Å². The van der Waals surface area contributed by atoms with Crippen LogP contribution in [-0.2, 0) is 11.3 Å². The summed E-state index contributed by atoms with van der Waals surface area (Å²) in [5, 5.41) is 4.44. The fourth-order valence-corrected chi connectivity index (χ4v) is 5.13. The fraction of sp³-hybridized carbons (Fsp3) is 0.435. The molecule has 0 aromatic heterocycles. The van der Waals surface area contributed by atoms with Gasteiger partial charge in [0.25, 0.3) is 0 Å². The average Bonchev–Trinajstić information content (AvgIpc) is 3.13. The first-order valence-corrected chi connectivity index (χ1v) is 10.4. The maximum Gasteiger partial charge on any atom is 0.194 e. The minimum atomic E-state index is -1.44. The number of likely N-dealkylation sites (tertiary alicyclic amines) is 1. The van der Waals surface area contributed by atoms with Gasteiger partial charge in [-0.2, -0.15) is 0 Å². The molecule has 7 heteroatoms. The lowest BCUT2D eigenvalue weighted by atomic mass is 9.85. The van der Waals surface area contributed by atoms with E-state index in [1.54, 1.807) is 0 Å². The van der Waals surface area contributed by atoms with Crippen molar-refractivity contribution in [1.82, 2.24) is 9.80 Å². The number of piperidine rings is 1. The van der Waals surface area contributed by atoms with Gasteiger partial charge < -0.3 is 14.6 Å². The smallest absolute Gasteiger partial charge is 0.194 e. The van der Waals surface area contributed by atoms with Gasteiger partial charge in [0.2, 0.25) is 0 Å². The van der Waals surface area contributed by atoms with Crippen molar-refractivity contribution >= 4 is 5.84 Å². The fourth-order valence-electron chi connectivity index (χ4n) is 5.13. The molecule has 4 nitrogen and oxygen atoms in total. The summed E-state index contributed by atoms with van der Waals surface area (Å²) in [5.74, 6) is -3.01. The zero-order valence-electron chi connectivity index (χ0n) is 16.9. The van der Waals surface area contributed by atoms with Crippen molar-refractivity contribution < 1.29 is 18.0 Å². The van der Waals surface area contributed by atoms with Crippen molar-refractivity contribution in [2.24, 2.45) is 5.16 Å². The number of amidine groups is 1. The molecule has 1 spiro atoms. The van der Waals surface area contributed by atoms with E-state index in [0.29, 0.717) is 18.5 Å². The molecule has 0 aliphatic carbocycles. The molecule has 0 radical (unpaired) electrons. The van der Waals surface area contributed by atoms with Crippen molar-refractivity contribution in [2.45, 2.75) is 37.3 Å². The van der Waals surface area contributed by atoms with Crippen LogP contribution in [0.3, 0.4) is 0 Å². The molecule has 3 heterocycles. The van der Waals surface area contributed by atoms with Gasteiger partial charge in [-0.1, -0.05) is 29.4 Å². The zero-order valence-corrected chi connectivity index (χ0v) is 16.9. The third-order valence-corrected chi connectivity index (χ3v) is 6.49. The normalized spacial score (nSPS) is 26.5. The summed E-state index contributed by atoms with van der Waals surface area (Å²) in [6.07, 6.45) is 3.42. The number of benzene rings is 2. The summed E-state index contributed by atoms with van der Waals surface area (Å²) in [6, 6.07) is 9.61. The van der Waals surface area contributed by atoms with Gasteiger partial charge in [0.15, 0.2) is 23.1 Å². The summed E-state index contributed by atoms with van der Waals surface area (Å²) in [4.78, 5) is 10.3. The standard InChI is InChI=1S/C23H24F3N3O/c1-28-9-4-8-23(14-28)13-20(27-30-23)29-10-7-15-5-2-3-6-17(15)22(29)16-11-18(24)21(26)19(25)12-16/h2-3,5-6,11-12,22H,4,7-10,13-14H2,1H3/t22-,23+/m0/s1. The van der Waals surface area contributed by atoms with Crippen molar-refractivity contribution in [3.05, 3.63) is 70.5 Å². The second kappa shape index (κ2) is 7.30. The Morgan fingerprint density at radius 1 is 1.10 bits per heavy atom. The Labute approximate surface area is 173 Å². The highest BCUT2D eigenvalue weighted by molar-refractivity contribution is 5.85. The highest BCUT2D eigenvalue weighted by atomic mass is 19.2. The summed E-state index contributed by atoms with van der Waals surface area (Å²) in [6.45, 7) is 2.49. The Balaban J connectivity index is 1.53. The van der Waals surface area contributed by atoms with Crippen molar-refractivity contribution in [3.8, 4) is 0 Å². The van der Waals surface area contributed by atoms with Crippen LogP contribution in [0.2, 0.25) is 0 Å². The van der Waals surface area contributed by atoms with Gasteiger partial charge in [-0.15, -0.1) is 0 Å². The van der Waals surface area contributed by atoms with E-state index in [1.807, 2.05) is 24.3 Å². The van der Waals surface area contributed by atoms with Gasteiger partial charge in [-0.05, 0) is 61.7 Å². The van der Waals surface area contributed by atoms with E-state index in [4.69, 9.17) is 4.84 Å². The number of likely N-dealkylation sites (N-methyl/N-ethyl adjacent to an activating group) is 1. The van der Waals surface area contributed by atoms with Gasteiger partial charge in [0, 0.05) is 13.1 Å². The largest absolute Gasteiger partial charge is 0.386 e. The molecule has 0 amide bonds. The Kier molecular flexibility index (Phi) is 4.73. The molecule has 3 aliphatic rings. The van der Waals surface area contributed by atoms with E-state index in [-0.39, 0.29) is 5.60 Å². The number of oxime groups is 1. The quantitative estimate of drug-likeness (QED) is 0.652. The highest BCUT2D eigenvalue weighted by Crippen LogP contribution is 2.40. The molecule has 2 aromatic carbocycles. The molecule has 0 saturated carbocycles. The zero-order chi connectivity index (χ0) is 20.9. The highest BCUT2D eigenvalue weighted by Gasteiger charge is 2.45. The summed E-state index contributed by atoms with van der Waals surface area (Å²) < 4.78 is 41.9. The van der Waals surface area contributed by atoms with Crippen LogP contribution < -0.4 is 0 Å². The molecule has 30 heavy (non-hydrogen) atoms. The number of halogens is 3.